The predicted octanol–water partition coefficient (Wildman–Crippen LogP) is 0.986. The average Bonchev–Trinajstić information content (AvgIpc) is 2.37. The van der Waals surface area contributed by atoms with E-state index in [2.05, 4.69) is 4.42 Å². The van der Waals surface area contributed by atoms with Crippen LogP contribution in [0.2, 0.25) is 0 Å². The largest absolute Gasteiger partial charge is 0.460 e. The van der Waals surface area contributed by atoms with Gasteiger partial charge in [-0.15, -0.1) is 0 Å². The molecule has 0 aliphatic rings. The highest BCUT2D eigenvalue weighted by molar-refractivity contribution is 6.05. The second-order valence-electron chi connectivity index (χ2n) is 1.42. The molecular formula is C6H3NO2. The lowest BCUT2D eigenvalue weighted by Gasteiger charge is -1.77. The molecule has 0 bridgehead atoms. The number of Topliss-reactive ketones (excluding diaryl/α,β-unsaturated/α-hetero) is 1. The van der Waals surface area contributed by atoms with E-state index < -0.39 is 5.78 Å². The Hall–Kier alpha value is -1.56. The van der Waals surface area contributed by atoms with Gasteiger partial charge in [0.2, 0.25) is 0 Å². The van der Waals surface area contributed by atoms with Crippen molar-refractivity contribution in [3.05, 3.63) is 24.2 Å². The van der Waals surface area contributed by atoms with E-state index in [1.807, 2.05) is 0 Å². The summed E-state index contributed by atoms with van der Waals surface area (Å²) in [6, 6.07) is 4.44. The lowest BCUT2D eigenvalue weighted by atomic mass is 10.3. The fourth-order valence-electron chi connectivity index (χ4n) is 0.463. The molecule has 44 valence electrons. The van der Waals surface area contributed by atoms with Crippen LogP contribution >= 0.6 is 0 Å². The minimum Gasteiger partial charge on any atom is -0.460 e. The van der Waals surface area contributed by atoms with Crippen LogP contribution in [0, 0.1) is 11.3 Å². The van der Waals surface area contributed by atoms with Crippen LogP contribution in [0.25, 0.3) is 0 Å². The van der Waals surface area contributed by atoms with Gasteiger partial charge in [0.1, 0.15) is 6.07 Å². The molecule has 0 aliphatic carbocycles. The number of nitrogens with zero attached hydrogens (tertiary/aromatic N) is 1. The standard InChI is InChI=1S/C6H3NO2/c7-4-5(8)6-2-1-3-9-6/h1-3H. The van der Waals surface area contributed by atoms with Gasteiger partial charge in [-0.2, -0.15) is 5.26 Å². The molecular weight excluding hydrogens is 118 g/mol. The van der Waals surface area contributed by atoms with Crippen LogP contribution in [-0.4, -0.2) is 5.78 Å². The van der Waals surface area contributed by atoms with Crippen LogP contribution in [0.3, 0.4) is 0 Å². The Bertz CT molecular complexity index is 243. The van der Waals surface area contributed by atoms with Crippen molar-refractivity contribution in [1.82, 2.24) is 0 Å². The summed E-state index contributed by atoms with van der Waals surface area (Å²) in [5.41, 5.74) is 0. The van der Waals surface area contributed by atoms with Crippen LogP contribution in [0.1, 0.15) is 10.6 Å². The predicted molar refractivity (Wildman–Crippen MR) is 28.7 cm³/mol. The molecule has 0 aliphatic heterocycles. The molecule has 0 saturated heterocycles. The number of rotatable bonds is 1. The van der Waals surface area contributed by atoms with Crippen molar-refractivity contribution in [2.75, 3.05) is 0 Å². The van der Waals surface area contributed by atoms with Gasteiger partial charge in [0.15, 0.2) is 5.76 Å². The molecule has 0 unspecified atom stereocenters. The first-order valence-electron chi connectivity index (χ1n) is 2.32. The number of hydrogen-bond acceptors (Lipinski definition) is 3. The number of ketones is 1. The van der Waals surface area contributed by atoms with E-state index in [0.29, 0.717) is 0 Å². The van der Waals surface area contributed by atoms with E-state index in [0.717, 1.165) is 0 Å². The summed E-state index contributed by atoms with van der Waals surface area (Å²) in [7, 11) is 0. The van der Waals surface area contributed by atoms with E-state index in [9.17, 15) is 4.79 Å². The molecule has 0 amide bonds. The van der Waals surface area contributed by atoms with Crippen molar-refractivity contribution in [1.29, 1.82) is 5.26 Å². The van der Waals surface area contributed by atoms with Crippen LogP contribution in [0.5, 0.6) is 0 Å². The molecule has 1 aromatic heterocycles. The Balaban J connectivity index is 2.93. The normalized spacial score (nSPS) is 8.33. The Morgan fingerprint density at radius 1 is 1.78 bits per heavy atom. The van der Waals surface area contributed by atoms with Gasteiger partial charge in [0, 0.05) is 0 Å². The minimum atomic E-state index is -0.639. The maximum Gasteiger partial charge on any atom is 0.297 e. The lowest BCUT2D eigenvalue weighted by molar-refractivity contribution is 0.102. The molecule has 3 heteroatoms. The van der Waals surface area contributed by atoms with Crippen LogP contribution < -0.4 is 0 Å². The van der Waals surface area contributed by atoms with Gasteiger partial charge in [-0.05, 0) is 12.1 Å². The van der Waals surface area contributed by atoms with Gasteiger partial charge in [0.25, 0.3) is 5.78 Å². The average molecular weight is 121 g/mol. The maximum absolute atomic E-state index is 10.4. The fraction of sp³-hybridized carbons (Fsp3) is 0. The van der Waals surface area contributed by atoms with Crippen molar-refractivity contribution in [2.24, 2.45) is 0 Å². The third-order valence-electron chi connectivity index (χ3n) is 0.847. The highest BCUT2D eigenvalue weighted by Crippen LogP contribution is 1.98. The van der Waals surface area contributed by atoms with Crippen LogP contribution in [0.15, 0.2) is 22.8 Å². The van der Waals surface area contributed by atoms with Crippen molar-refractivity contribution >= 4 is 5.78 Å². The molecule has 0 spiro atoms. The second kappa shape index (κ2) is 2.14. The van der Waals surface area contributed by atoms with E-state index in [4.69, 9.17) is 5.26 Å². The van der Waals surface area contributed by atoms with Crippen molar-refractivity contribution in [3.63, 3.8) is 0 Å². The molecule has 0 N–H and O–H groups in total. The summed E-state index contributed by atoms with van der Waals surface area (Å²) in [5, 5.41) is 8.05. The summed E-state index contributed by atoms with van der Waals surface area (Å²) in [5.74, 6) is -0.544. The van der Waals surface area contributed by atoms with Gasteiger partial charge in [-0.3, -0.25) is 4.79 Å². The zero-order valence-electron chi connectivity index (χ0n) is 4.50. The molecule has 0 fully saturated rings. The van der Waals surface area contributed by atoms with E-state index >= 15 is 0 Å². The maximum atomic E-state index is 10.4. The highest BCUT2D eigenvalue weighted by atomic mass is 16.3. The summed E-state index contributed by atoms with van der Waals surface area (Å²) >= 11 is 0. The summed E-state index contributed by atoms with van der Waals surface area (Å²) < 4.78 is 4.61. The molecule has 1 rings (SSSR count). The molecule has 0 aromatic carbocycles. The van der Waals surface area contributed by atoms with Crippen LogP contribution in [0.4, 0.5) is 0 Å². The Labute approximate surface area is 51.5 Å². The third-order valence-corrected chi connectivity index (χ3v) is 0.847. The Morgan fingerprint density at radius 2 is 2.56 bits per heavy atom. The number of hydrogen-bond donors (Lipinski definition) is 0. The summed E-state index contributed by atoms with van der Waals surface area (Å²) in [6.45, 7) is 0. The first-order valence-corrected chi connectivity index (χ1v) is 2.32. The van der Waals surface area contributed by atoms with E-state index in [1.165, 1.54) is 18.4 Å². The van der Waals surface area contributed by atoms with Crippen LogP contribution in [-0.2, 0) is 0 Å². The molecule has 0 radical (unpaired) electrons. The Kier molecular flexibility index (Phi) is 1.32. The third kappa shape index (κ3) is 0.970. The first kappa shape index (κ1) is 5.57. The van der Waals surface area contributed by atoms with Crippen molar-refractivity contribution in [2.45, 2.75) is 0 Å². The first-order chi connectivity index (χ1) is 4.34. The lowest BCUT2D eigenvalue weighted by Crippen LogP contribution is -1.89. The fourth-order valence-corrected chi connectivity index (χ4v) is 0.463. The number of carbonyl (C=O) groups is 1. The van der Waals surface area contributed by atoms with Gasteiger partial charge in [-0.1, -0.05) is 0 Å². The summed E-state index contributed by atoms with van der Waals surface area (Å²) in [6.07, 6.45) is 1.35. The van der Waals surface area contributed by atoms with Gasteiger partial charge in [0.05, 0.1) is 6.26 Å². The number of furan rings is 1. The van der Waals surface area contributed by atoms with E-state index in [1.54, 1.807) is 6.07 Å². The molecule has 0 atom stereocenters. The van der Waals surface area contributed by atoms with Gasteiger partial charge in [-0.25, -0.2) is 0 Å². The second-order valence-corrected chi connectivity index (χ2v) is 1.42. The minimum absolute atomic E-state index is 0.0949. The zero-order valence-corrected chi connectivity index (χ0v) is 4.50. The molecule has 1 aromatic rings. The topological polar surface area (TPSA) is 54.0 Å². The van der Waals surface area contributed by atoms with Crippen molar-refractivity contribution in [3.8, 4) is 6.07 Å². The highest BCUT2D eigenvalue weighted by Gasteiger charge is 2.04. The molecule has 1 heterocycles. The Morgan fingerprint density at radius 3 is 3.00 bits per heavy atom. The summed E-state index contributed by atoms with van der Waals surface area (Å²) in [4.78, 5) is 10.4. The molecule has 0 saturated carbocycles. The quantitative estimate of drug-likeness (QED) is 0.411. The smallest absolute Gasteiger partial charge is 0.297 e. The SMILES string of the molecule is N#CC(=O)c1ccco1. The number of carbonyl (C=O) groups excluding carboxylic acids is 1. The van der Waals surface area contributed by atoms with Gasteiger partial charge >= 0.3 is 0 Å². The van der Waals surface area contributed by atoms with Crippen molar-refractivity contribution < 1.29 is 9.21 Å². The zero-order chi connectivity index (χ0) is 6.69. The number of nitriles is 1. The molecule has 3 nitrogen and oxygen atoms in total. The van der Waals surface area contributed by atoms with Gasteiger partial charge < -0.3 is 4.42 Å². The molecule has 9 heavy (non-hydrogen) atoms. The monoisotopic (exact) mass is 121 g/mol. The van der Waals surface area contributed by atoms with E-state index in [-0.39, 0.29) is 5.76 Å².